The lowest BCUT2D eigenvalue weighted by molar-refractivity contribution is -0.125. The van der Waals surface area contributed by atoms with E-state index in [0.717, 1.165) is 37.1 Å². The molecule has 0 radical (unpaired) electrons. The molecule has 2 rings (SSSR count). The third-order valence-electron chi connectivity index (χ3n) is 4.14. The molecular weight excluding hydrogens is 264 g/mol. The average molecular weight is 288 g/mol. The van der Waals surface area contributed by atoms with Gasteiger partial charge in [0.25, 0.3) is 0 Å². The minimum absolute atomic E-state index is 0.103. The summed E-state index contributed by atoms with van der Waals surface area (Å²) in [5.74, 6) is 0.426. The molecule has 114 valence electrons. The predicted molar refractivity (Wildman–Crippen MR) is 83.9 cm³/mol. The summed E-state index contributed by atoms with van der Waals surface area (Å²) in [6.07, 6.45) is 3.33. The Morgan fingerprint density at radius 2 is 1.90 bits per heavy atom. The zero-order chi connectivity index (χ0) is 15.2. The van der Waals surface area contributed by atoms with Crippen LogP contribution in [0.3, 0.4) is 0 Å². The van der Waals surface area contributed by atoms with Crippen LogP contribution in [0.5, 0.6) is 0 Å². The molecule has 0 bridgehead atoms. The molecule has 1 aliphatic heterocycles. The molecule has 4 heteroatoms. The van der Waals surface area contributed by atoms with Crippen molar-refractivity contribution in [3.05, 3.63) is 29.8 Å². The third kappa shape index (κ3) is 3.84. The Labute approximate surface area is 126 Å². The second kappa shape index (κ2) is 7.25. The van der Waals surface area contributed by atoms with Gasteiger partial charge in [0.15, 0.2) is 0 Å². The van der Waals surface area contributed by atoms with E-state index in [-0.39, 0.29) is 17.7 Å². The zero-order valence-electron chi connectivity index (χ0n) is 12.9. The highest BCUT2D eigenvalue weighted by Gasteiger charge is 2.21. The van der Waals surface area contributed by atoms with Gasteiger partial charge < -0.3 is 10.2 Å². The molecule has 4 nitrogen and oxygen atoms in total. The summed E-state index contributed by atoms with van der Waals surface area (Å²) in [7, 11) is 0. The number of rotatable bonds is 6. The SMILES string of the molecule is CCC(CC)C(=O)NCc1ccc(N2CCCC2=O)cc1. The lowest BCUT2D eigenvalue weighted by Gasteiger charge is -2.16. The normalized spacial score (nSPS) is 14.8. The maximum absolute atomic E-state index is 11.9. The second-order valence-corrected chi connectivity index (χ2v) is 5.55. The van der Waals surface area contributed by atoms with Crippen molar-refractivity contribution in [2.75, 3.05) is 11.4 Å². The van der Waals surface area contributed by atoms with Crippen LogP contribution < -0.4 is 10.2 Å². The predicted octanol–water partition coefficient (Wildman–Crippen LogP) is 2.87. The molecule has 1 aromatic rings. The number of hydrogen-bond acceptors (Lipinski definition) is 2. The number of nitrogens with one attached hydrogen (secondary N) is 1. The van der Waals surface area contributed by atoms with Gasteiger partial charge in [0.05, 0.1) is 0 Å². The highest BCUT2D eigenvalue weighted by atomic mass is 16.2. The first-order valence-electron chi connectivity index (χ1n) is 7.82. The monoisotopic (exact) mass is 288 g/mol. The van der Waals surface area contributed by atoms with Crippen LogP contribution in [0, 0.1) is 5.92 Å². The van der Waals surface area contributed by atoms with Crippen molar-refractivity contribution < 1.29 is 9.59 Å². The Morgan fingerprint density at radius 3 is 2.43 bits per heavy atom. The van der Waals surface area contributed by atoms with Gasteiger partial charge >= 0.3 is 0 Å². The van der Waals surface area contributed by atoms with Crippen molar-refractivity contribution in [2.45, 2.75) is 46.1 Å². The second-order valence-electron chi connectivity index (χ2n) is 5.55. The van der Waals surface area contributed by atoms with Crippen LogP contribution in [-0.4, -0.2) is 18.4 Å². The van der Waals surface area contributed by atoms with Gasteiger partial charge in [0, 0.05) is 31.1 Å². The first kappa shape index (κ1) is 15.5. The van der Waals surface area contributed by atoms with E-state index in [2.05, 4.69) is 5.32 Å². The van der Waals surface area contributed by atoms with E-state index in [4.69, 9.17) is 0 Å². The largest absolute Gasteiger partial charge is 0.352 e. The Morgan fingerprint density at radius 1 is 1.24 bits per heavy atom. The summed E-state index contributed by atoms with van der Waals surface area (Å²) >= 11 is 0. The Balaban J connectivity index is 1.91. The van der Waals surface area contributed by atoms with Gasteiger partial charge in [0.1, 0.15) is 0 Å². The number of nitrogens with zero attached hydrogens (tertiary/aromatic N) is 1. The van der Waals surface area contributed by atoms with Crippen LogP contribution >= 0.6 is 0 Å². The number of hydrogen-bond donors (Lipinski definition) is 1. The van der Waals surface area contributed by atoms with Crippen LogP contribution in [0.2, 0.25) is 0 Å². The fourth-order valence-corrected chi connectivity index (χ4v) is 2.71. The van der Waals surface area contributed by atoms with Crippen molar-refractivity contribution in [3.8, 4) is 0 Å². The molecule has 0 unspecified atom stereocenters. The van der Waals surface area contributed by atoms with Crippen LogP contribution in [0.25, 0.3) is 0 Å². The summed E-state index contributed by atoms with van der Waals surface area (Å²) < 4.78 is 0. The van der Waals surface area contributed by atoms with Gasteiger partial charge in [-0.15, -0.1) is 0 Å². The van der Waals surface area contributed by atoms with Crippen molar-refractivity contribution >= 4 is 17.5 Å². The maximum atomic E-state index is 11.9. The molecule has 21 heavy (non-hydrogen) atoms. The summed E-state index contributed by atoms with van der Waals surface area (Å²) in [5, 5.41) is 2.98. The fraction of sp³-hybridized carbons (Fsp3) is 0.529. The smallest absolute Gasteiger partial charge is 0.227 e. The first-order valence-corrected chi connectivity index (χ1v) is 7.82. The standard InChI is InChI=1S/C17H24N2O2/c1-3-14(4-2)17(21)18-12-13-7-9-15(10-8-13)19-11-5-6-16(19)20/h7-10,14H,3-6,11-12H2,1-2H3,(H,18,21). The van der Waals surface area contributed by atoms with Crippen LogP contribution in [-0.2, 0) is 16.1 Å². The Hall–Kier alpha value is -1.84. The molecule has 0 atom stereocenters. The molecule has 0 saturated carbocycles. The molecule has 0 aliphatic carbocycles. The summed E-state index contributed by atoms with van der Waals surface area (Å²) in [4.78, 5) is 25.4. The first-order chi connectivity index (χ1) is 10.2. The average Bonchev–Trinajstić information content (AvgIpc) is 2.93. The molecule has 1 fully saturated rings. The number of carbonyl (C=O) groups is 2. The third-order valence-corrected chi connectivity index (χ3v) is 4.14. The van der Waals surface area contributed by atoms with E-state index in [1.165, 1.54) is 0 Å². The highest BCUT2D eigenvalue weighted by Crippen LogP contribution is 2.21. The van der Waals surface area contributed by atoms with E-state index in [1.54, 1.807) is 0 Å². The lowest BCUT2D eigenvalue weighted by Crippen LogP contribution is -2.29. The van der Waals surface area contributed by atoms with E-state index < -0.39 is 0 Å². The van der Waals surface area contributed by atoms with Crippen molar-refractivity contribution in [1.29, 1.82) is 0 Å². The van der Waals surface area contributed by atoms with E-state index in [0.29, 0.717) is 13.0 Å². The van der Waals surface area contributed by atoms with Gasteiger partial charge in [-0.1, -0.05) is 26.0 Å². The molecule has 1 N–H and O–H groups in total. The van der Waals surface area contributed by atoms with Crippen LogP contribution in [0.1, 0.15) is 45.1 Å². The maximum Gasteiger partial charge on any atom is 0.227 e. The summed E-state index contributed by atoms with van der Waals surface area (Å²) in [6, 6.07) is 7.88. The molecular formula is C17H24N2O2. The van der Waals surface area contributed by atoms with Crippen LogP contribution in [0.15, 0.2) is 24.3 Å². The van der Waals surface area contributed by atoms with Gasteiger partial charge in [-0.3, -0.25) is 9.59 Å². The van der Waals surface area contributed by atoms with E-state index in [9.17, 15) is 9.59 Å². The van der Waals surface area contributed by atoms with Gasteiger partial charge in [-0.2, -0.15) is 0 Å². The number of benzene rings is 1. The van der Waals surface area contributed by atoms with Crippen LogP contribution in [0.4, 0.5) is 5.69 Å². The van der Waals surface area contributed by atoms with Gasteiger partial charge in [-0.05, 0) is 37.0 Å². The van der Waals surface area contributed by atoms with Crippen molar-refractivity contribution in [2.24, 2.45) is 5.92 Å². The molecule has 0 spiro atoms. The highest BCUT2D eigenvalue weighted by molar-refractivity contribution is 5.95. The minimum Gasteiger partial charge on any atom is -0.352 e. The molecule has 0 aromatic heterocycles. The molecule has 1 aliphatic rings. The Kier molecular flexibility index (Phi) is 5.37. The minimum atomic E-state index is 0.103. The van der Waals surface area contributed by atoms with E-state index >= 15 is 0 Å². The number of anilines is 1. The number of carbonyl (C=O) groups excluding carboxylic acids is 2. The number of amides is 2. The van der Waals surface area contributed by atoms with Gasteiger partial charge in [-0.25, -0.2) is 0 Å². The molecule has 2 amide bonds. The fourth-order valence-electron chi connectivity index (χ4n) is 2.71. The topological polar surface area (TPSA) is 49.4 Å². The molecule has 1 aromatic carbocycles. The lowest BCUT2D eigenvalue weighted by atomic mass is 10.0. The van der Waals surface area contributed by atoms with E-state index in [1.807, 2.05) is 43.0 Å². The summed E-state index contributed by atoms with van der Waals surface area (Å²) in [5.41, 5.74) is 2.01. The quantitative estimate of drug-likeness (QED) is 0.875. The van der Waals surface area contributed by atoms with Crippen molar-refractivity contribution in [3.63, 3.8) is 0 Å². The Bertz CT molecular complexity index is 492. The van der Waals surface area contributed by atoms with Crippen molar-refractivity contribution in [1.82, 2.24) is 5.32 Å². The zero-order valence-corrected chi connectivity index (χ0v) is 12.9. The molecule has 1 heterocycles. The van der Waals surface area contributed by atoms with Gasteiger partial charge in [0.2, 0.25) is 11.8 Å². The molecule has 1 saturated heterocycles. The summed E-state index contributed by atoms with van der Waals surface area (Å²) in [6.45, 7) is 5.43.